The van der Waals surface area contributed by atoms with Gasteiger partial charge in [-0.1, -0.05) is 6.92 Å². The molecule has 3 amide bonds. The third-order valence-electron chi connectivity index (χ3n) is 3.98. The number of hydrogen-bond donors (Lipinski definition) is 3. The van der Waals surface area contributed by atoms with E-state index in [1.165, 1.54) is 29.2 Å². The molecule has 0 spiro atoms. The van der Waals surface area contributed by atoms with E-state index in [2.05, 4.69) is 9.69 Å². The van der Waals surface area contributed by atoms with E-state index in [0.717, 1.165) is 11.5 Å². The second-order valence-corrected chi connectivity index (χ2v) is 8.23. The Morgan fingerprint density at radius 2 is 1.83 bits per heavy atom. The van der Waals surface area contributed by atoms with Crippen LogP contribution in [-0.4, -0.2) is 33.7 Å². The highest BCUT2D eigenvalue weighted by atomic mass is 32.1. The summed E-state index contributed by atoms with van der Waals surface area (Å²) in [6.07, 6.45) is 0.284. The number of carbonyl (C=O) groups is 3. The van der Waals surface area contributed by atoms with E-state index in [0.29, 0.717) is 5.69 Å². The molecule has 0 saturated heterocycles. The van der Waals surface area contributed by atoms with Gasteiger partial charge in [0.1, 0.15) is 16.7 Å². The standard InChI is InChI=1S/C19H24FN5O3S/c1-5-12(17(27)23-19(2,3)4)25(11-8-6-10(20)7-9-11)18(28)15-13(21)14(16(22)26)24-29-15/h6-9,12H,5,21H2,1-4H3,(H2,22,26)(H,23,27). The molecule has 1 aromatic carbocycles. The number of nitrogen functional groups attached to an aromatic ring is 1. The van der Waals surface area contributed by atoms with E-state index < -0.39 is 29.2 Å². The molecule has 1 unspecified atom stereocenters. The van der Waals surface area contributed by atoms with E-state index in [-0.39, 0.29) is 28.6 Å². The minimum absolute atomic E-state index is 0.0230. The molecule has 5 N–H and O–H groups in total. The fourth-order valence-corrected chi connectivity index (χ4v) is 3.46. The van der Waals surface area contributed by atoms with Crippen molar-refractivity contribution >= 4 is 40.6 Å². The van der Waals surface area contributed by atoms with Gasteiger partial charge in [0.15, 0.2) is 5.69 Å². The van der Waals surface area contributed by atoms with E-state index in [1.807, 2.05) is 20.8 Å². The molecule has 1 aromatic heterocycles. The fourth-order valence-electron chi connectivity index (χ4n) is 2.72. The number of hydrogen-bond acceptors (Lipinski definition) is 6. The lowest BCUT2D eigenvalue weighted by Gasteiger charge is -2.32. The van der Waals surface area contributed by atoms with Crippen molar-refractivity contribution in [3.8, 4) is 0 Å². The molecular weight excluding hydrogens is 397 g/mol. The molecule has 0 saturated carbocycles. The van der Waals surface area contributed by atoms with Crippen LogP contribution in [0.3, 0.4) is 0 Å². The van der Waals surface area contributed by atoms with Gasteiger partial charge in [0.2, 0.25) is 5.91 Å². The van der Waals surface area contributed by atoms with Gasteiger partial charge in [-0.2, -0.15) is 4.37 Å². The number of aromatic nitrogens is 1. The number of nitrogens with zero attached hydrogens (tertiary/aromatic N) is 2. The van der Waals surface area contributed by atoms with Crippen molar-refractivity contribution < 1.29 is 18.8 Å². The van der Waals surface area contributed by atoms with Gasteiger partial charge in [0.05, 0.1) is 5.69 Å². The van der Waals surface area contributed by atoms with Crippen molar-refractivity contribution in [1.29, 1.82) is 0 Å². The molecule has 0 aliphatic rings. The molecule has 2 aromatic rings. The number of benzene rings is 1. The Hall–Kier alpha value is -3.01. The maximum Gasteiger partial charge on any atom is 0.272 e. The molecule has 1 heterocycles. The Bertz CT molecular complexity index is 921. The largest absolute Gasteiger partial charge is 0.395 e. The lowest BCUT2D eigenvalue weighted by atomic mass is 10.1. The molecule has 0 radical (unpaired) electrons. The number of halogens is 1. The summed E-state index contributed by atoms with van der Waals surface area (Å²) in [5.74, 6) is -2.35. The van der Waals surface area contributed by atoms with Crippen molar-refractivity contribution in [2.24, 2.45) is 5.73 Å². The van der Waals surface area contributed by atoms with Gasteiger partial charge in [-0.25, -0.2) is 4.39 Å². The Morgan fingerprint density at radius 1 is 1.24 bits per heavy atom. The molecule has 10 heteroatoms. The number of primary amides is 1. The van der Waals surface area contributed by atoms with Gasteiger partial charge in [0.25, 0.3) is 11.8 Å². The average Bonchev–Trinajstić information content (AvgIpc) is 3.00. The molecule has 2 rings (SSSR count). The van der Waals surface area contributed by atoms with Gasteiger partial charge in [-0.15, -0.1) is 0 Å². The molecule has 156 valence electrons. The monoisotopic (exact) mass is 421 g/mol. The van der Waals surface area contributed by atoms with Crippen LogP contribution in [0.4, 0.5) is 15.8 Å². The normalized spacial score (nSPS) is 12.3. The van der Waals surface area contributed by atoms with Crippen LogP contribution in [0.2, 0.25) is 0 Å². The zero-order chi connectivity index (χ0) is 21.9. The molecule has 0 aliphatic heterocycles. The van der Waals surface area contributed by atoms with Crippen LogP contribution in [0.25, 0.3) is 0 Å². The average molecular weight is 421 g/mol. The van der Waals surface area contributed by atoms with E-state index >= 15 is 0 Å². The van der Waals surface area contributed by atoms with Gasteiger partial charge in [-0.05, 0) is 63.0 Å². The zero-order valence-electron chi connectivity index (χ0n) is 16.7. The molecule has 0 bridgehead atoms. The van der Waals surface area contributed by atoms with Crippen LogP contribution in [0, 0.1) is 5.82 Å². The van der Waals surface area contributed by atoms with E-state index in [4.69, 9.17) is 11.5 Å². The summed E-state index contributed by atoms with van der Waals surface area (Å²) in [6.45, 7) is 7.22. The minimum Gasteiger partial charge on any atom is -0.395 e. The highest BCUT2D eigenvalue weighted by Crippen LogP contribution is 2.28. The zero-order valence-corrected chi connectivity index (χ0v) is 17.5. The summed E-state index contributed by atoms with van der Waals surface area (Å²) in [7, 11) is 0. The summed E-state index contributed by atoms with van der Waals surface area (Å²) in [5.41, 5.74) is 10.6. The van der Waals surface area contributed by atoms with Gasteiger partial charge >= 0.3 is 0 Å². The molecule has 29 heavy (non-hydrogen) atoms. The van der Waals surface area contributed by atoms with Crippen molar-refractivity contribution in [2.45, 2.75) is 45.7 Å². The summed E-state index contributed by atoms with van der Waals surface area (Å²) in [4.78, 5) is 38.9. The van der Waals surface area contributed by atoms with Gasteiger partial charge in [-0.3, -0.25) is 19.3 Å². The first kappa shape index (κ1) is 22.3. The Morgan fingerprint density at radius 3 is 2.28 bits per heavy atom. The van der Waals surface area contributed by atoms with E-state index in [9.17, 15) is 18.8 Å². The summed E-state index contributed by atoms with van der Waals surface area (Å²) >= 11 is 0.719. The number of carbonyl (C=O) groups excluding carboxylic acids is 3. The third kappa shape index (κ3) is 5.08. The SMILES string of the molecule is CCC(C(=O)NC(C)(C)C)N(C(=O)c1snc(C(N)=O)c1N)c1ccc(F)cc1. The molecule has 0 fully saturated rings. The van der Waals surface area contributed by atoms with Gasteiger partial charge in [0, 0.05) is 11.2 Å². The third-order valence-corrected chi connectivity index (χ3v) is 4.83. The predicted molar refractivity (Wildman–Crippen MR) is 110 cm³/mol. The second kappa shape index (κ2) is 8.56. The number of nitrogens with two attached hydrogens (primary N) is 2. The summed E-state index contributed by atoms with van der Waals surface area (Å²) < 4.78 is 17.3. The molecular formula is C19H24FN5O3S. The topological polar surface area (TPSA) is 131 Å². The van der Waals surface area contributed by atoms with Crippen LogP contribution in [0.5, 0.6) is 0 Å². The Kier molecular flexibility index (Phi) is 6.58. The van der Waals surface area contributed by atoms with Crippen LogP contribution in [-0.2, 0) is 4.79 Å². The minimum atomic E-state index is -0.897. The van der Waals surface area contributed by atoms with Crippen molar-refractivity contribution in [1.82, 2.24) is 9.69 Å². The van der Waals surface area contributed by atoms with Crippen molar-refractivity contribution in [3.63, 3.8) is 0 Å². The smallest absolute Gasteiger partial charge is 0.272 e. The number of nitrogens with one attached hydrogen (secondary N) is 1. The van der Waals surface area contributed by atoms with Crippen LogP contribution in [0.15, 0.2) is 24.3 Å². The Balaban J connectivity index is 2.55. The first-order valence-corrected chi connectivity index (χ1v) is 9.69. The lowest BCUT2D eigenvalue weighted by Crippen LogP contribution is -2.54. The van der Waals surface area contributed by atoms with Crippen molar-refractivity contribution in [3.05, 3.63) is 40.7 Å². The highest BCUT2D eigenvalue weighted by Gasteiger charge is 2.34. The van der Waals surface area contributed by atoms with Crippen LogP contribution >= 0.6 is 11.5 Å². The van der Waals surface area contributed by atoms with Crippen LogP contribution in [0.1, 0.15) is 54.3 Å². The fraction of sp³-hybridized carbons (Fsp3) is 0.368. The molecule has 0 aliphatic carbocycles. The van der Waals surface area contributed by atoms with E-state index in [1.54, 1.807) is 6.92 Å². The quantitative estimate of drug-likeness (QED) is 0.659. The first-order valence-electron chi connectivity index (χ1n) is 8.92. The lowest BCUT2D eigenvalue weighted by molar-refractivity contribution is -0.123. The second-order valence-electron chi connectivity index (χ2n) is 7.45. The van der Waals surface area contributed by atoms with Crippen LogP contribution < -0.4 is 21.7 Å². The maximum atomic E-state index is 13.4. The number of anilines is 2. The Labute approximate surface area is 172 Å². The highest BCUT2D eigenvalue weighted by molar-refractivity contribution is 7.09. The number of amides is 3. The molecule has 8 nitrogen and oxygen atoms in total. The summed E-state index contributed by atoms with van der Waals surface area (Å²) in [6, 6.07) is 4.27. The molecule has 1 atom stereocenters. The summed E-state index contributed by atoms with van der Waals surface area (Å²) in [5, 5.41) is 2.85. The van der Waals surface area contributed by atoms with Crippen molar-refractivity contribution in [2.75, 3.05) is 10.6 Å². The first-order chi connectivity index (χ1) is 13.5. The predicted octanol–water partition coefficient (Wildman–Crippen LogP) is 2.30. The maximum absolute atomic E-state index is 13.4. The van der Waals surface area contributed by atoms with Gasteiger partial charge < -0.3 is 16.8 Å². The number of rotatable bonds is 6.